The molecule has 1 aliphatic heterocycles. The number of methoxy groups -OCH3 is 3. The highest BCUT2D eigenvalue weighted by Gasteiger charge is 2.32. The lowest BCUT2D eigenvalue weighted by Gasteiger charge is -2.39. The largest absolute Gasteiger partial charge is 0.493 e. The van der Waals surface area contributed by atoms with Gasteiger partial charge in [-0.3, -0.25) is 14.6 Å². The molecule has 1 saturated heterocycles. The van der Waals surface area contributed by atoms with E-state index in [1.54, 1.807) is 45.6 Å². The average Bonchev–Trinajstić information content (AvgIpc) is 3.00. The number of carboxylic acid groups (broad SMARTS) is 1. The van der Waals surface area contributed by atoms with Crippen LogP contribution in [0, 0.1) is 11.6 Å². The number of ether oxygens (including phenoxy) is 3. The molecule has 226 valence electrons. The molecule has 1 heterocycles. The van der Waals surface area contributed by atoms with Gasteiger partial charge < -0.3 is 19.3 Å². The van der Waals surface area contributed by atoms with Gasteiger partial charge in [0.1, 0.15) is 17.7 Å². The number of nitrogens with zero attached hydrogens (tertiary/aromatic N) is 2. The first kappa shape index (κ1) is 31.3. The highest BCUT2D eigenvalue weighted by Crippen LogP contribution is 2.38. The minimum atomic E-state index is -0.839. The van der Waals surface area contributed by atoms with E-state index in [1.165, 1.54) is 24.3 Å². The number of carbonyl (C=O) groups is 1. The van der Waals surface area contributed by atoms with Crippen molar-refractivity contribution >= 4 is 5.97 Å². The van der Waals surface area contributed by atoms with Crippen LogP contribution in [0.4, 0.5) is 8.78 Å². The lowest BCUT2D eigenvalue weighted by Crippen LogP contribution is -2.56. The summed E-state index contributed by atoms with van der Waals surface area (Å²) in [5.41, 5.74) is 2.91. The number of carboxylic acids is 1. The van der Waals surface area contributed by atoms with Crippen LogP contribution in [0.3, 0.4) is 0 Å². The van der Waals surface area contributed by atoms with Crippen molar-refractivity contribution in [3.05, 3.63) is 89.0 Å². The predicted octanol–water partition coefficient (Wildman–Crippen LogP) is 5.95. The Morgan fingerprint density at radius 3 is 1.93 bits per heavy atom. The highest BCUT2D eigenvalue weighted by molar-refractivity contribution is 5.74. The number of benzene rings is 3. The molecule has 0 radical (unpaired) electrons. The summed E-state index contributed by atoms with van der Waals surface area (Å²) in [4.78, 5) is 16.4. The van der Waals surface area contributed by atoms with E-state index in [0.29, 0.717) is 36.9 Å². The number of rotatable bonds is 14. The van der Waals surface area contributed by atoms with Gasteiger partial charge in [-0.15, -0.1) is 0 Å². The fourth-order valence-electron chi connectivity index (χ4n) is 5.74. The first-order valence-corrected chi connectivity index (χ1v) is 14.3. The highest BCUT2D eigenvalue weighted by atomic mass is 19.1. The summed E-state index contributed by atoms with van der Waals surface area (Å²) >= 11 is 0. The van der Waals surface area contributed by atoms with Crippen molar-refractivity contribution in [1.82, 2.24) is 9.80 Å². The van der Waals surface area contributed by atoms with Gasteiger partial charge in [0.2, 0.25) is 5.75 Å². The van der Waals surface area contributed by atoms with E-state index in [-0.39, 0.29) is 17.6 Å². The zero-order chi connectivity index (χ0) is 30.1. The Bertz CT molecular complexity index is 1230. The van der Waals surface area contributed by atoms with Crippen molar-refractivity contribution < 1.29 is 32.9 Å². The molecule has 0 spiro atoms. The molecule has 3 aromatic carbocycles. The molecular formula is C33H40F2N2O5. The van der Waals surface area contributed by atoms with E-state index >= 15 is 0 Å². The van der Waals surface area contributed by atoms with E-state index in [9.17, 15) is 18.7 Å². The molecule has 0 aromatic heterocycles. The molecule has 0 bridgehead atoms. The van der Waals surface area contributed by atoms with Gasteiger partial charge in [0.15, 0.2) is 11.5 Å². The van der Waals surface area contributed by atoms with Crippen molar-refractivity contribution in [1.29, 1.82) is 0 Å². The minimum absolute atomic E-state index is 0.0568. The van der Waals surface area contributed by atoms with Crippen LogP contribution in [-0.2, 0) is 11.3 Å². The maximum absolute atomic E-state index is 13.5. The topological polar surface area (TPSA) is 71.5 Å². The summed E-state index contributed by atoms with van der Waals surface area (Å²) in [6.45, 7) is 3.13. The van der Waals surface area contributed by atoms with Gasteiger partial charge in [0.25, 0.3) is 0 Å². The second-order valence-corrected chi connectivity index (χ2v) is 10.7. The molecular weight excluding hydrogens is 542 g/mol. The summed E-state index contributed by atoms with van der Waals surface area (Å²) in [6, 6.07) is 16.1. The molecule has 1 atom stereocenters. The van der Waals surface area contributed by atoms with Crippen LogP contribution in [0.5, 0.6) is 17.2 Å². The lowest BCUT2D eigenvalue weighted by atomic mass is 9.87. The van der Waals surface area contributed by atoms with Crippen LogP contribution in [-0.4, -0.2) is 74.4 Å². The number of hydrogen-bond donors (Lipinski definition) is 1. The van der Waals surface area contributed by atoms with Gasteiger partial charge in [-0.1, -0.05) is 37.1 Å². The van der Waals surface area contributed by atoms with Crippen molar-refractivity contribution in [3.8, 4) is 17.2 Å². The Morgan fingerprint density at radius 2 is 1.43 bits per heavy atom. The van der Waals surface area contributed by atoms with E-state index in [4.69, 9.17) is 14.2 Å². The van der Waals surface area contributed by atoms with Crippen LogP contribution < -0.4 is 14.2 Å². The van der Waals surface area contributed by atoms with Gasteiger partial charge in [-0.25, -0.2) is 8.78 Å². The van der Waals surface area contributed by atoms with E-state index in [1.807, 2.05) is 17.0 Å². The van der Waals surface area contributed by atoms with Gasteiger partial charge in [-0.2, -0.15) is 0 Å². The molecule has 1 N–H and O–H groups in total. The van der Waals surface area contributed by atoms with E-state index < -0.39 is 12.0 Å². The molecule has 1 aliphatic rings. The Balaban J connectivity index is 1.30. The fraction of sp³-hybridized carbons (Fsp3) is 0.424. The SMILES string of the molecule is COc1cc(CN2CCN(CCCCCC(c3ccc(F)cc3)c3ccc(F)cc3)CC2C(=O)O)cc(OC)c1OC. The van der Waals surface area contributed by atoms with Crippen LogP contribution in [0.15, 0.2) is 60.7 Å². The molecule has 7 nitrogen and oxygen atoms in total. The summed E-state index contributed by atoms with van der Waals surface area (Å²) in [5, 5.41) is 10.0. The molecule has 9 heteroatoms. The Morgan fingerprint density at radius 1 is 0.857 bits per heavy atom. The Labute approximate surface area is 246 Å². The molecule has 0 saturated carbocycles. The Kier molecular flexibility index (Phi) is 11.1. The number of aliphatic carboxylic acids is 1. The average molecular weight is 583 g/mol. The first-order chi connectivity index (χ1) is 20.3. The maximum Gasteiger partial charge on any atom is 0.322 e. The summed E-state index contributed by atoms with van der Waals surface area (Å²) < 4.78 is 43.4. The predicted molar refractivity (Wildman–Crippen MR) is 157 cm³/mol. The second-order valence-electron chi connectivity index (χ2n) is 10.7. The van der Waals surface area contributed by atoms with E-state index in [2.05, 4.69) is 4.90 Å². The minimum Gasteiger partial charge on any atom is -0.493 e. The third-order valence-corrected chi connectivity index (χ3v) is 7.98. The number of piperazine rings is 1. The van der Waals surface area contributed by atoms with Crippen LogP contribution in [0.1, 0.15) is 48.3 Å². The zero-order valence-electron chi connectivity index (χ0n) is 24.5. The molecule has 0 aliphatic carbocycles. The zero-order valence-corrected chi connectivity index (χ0v) is 24.5. The van der Waals surface area contributed by atoms with Gasteiger partial charge in [-0.05, 0) is 72.5 Å². The summed E-state index contributed by atoms with van der Waals surface area (Å²) in [6.07, 6.45) is 3.72. The van der Waals surface area contributed by atoms with Gasteiger partial charge in [0, 0.05) is 32.1 Å². The molecule has 3 aromatic rings. The third-order valence-electron chi connectivity index (χ3n) is 7.98. The maximum atomic E-state index is 13.5. The van der Waals surface area contributed by atoms with Gasteiger partial charge in [0.05, 0.1) is 21.3 Å². The molecule has 0 amide bonds. The van der Waals surface area contributed by atoms with Gasteiger partial charge >= 0.3 is 5.97 Å². The van der Waals surface area contributed by atoms with E-state index in [0.717, 1.165) is 55.5 Å². The number of halogens is 2. The van der Waals surface area contributed by atoms with Crippen molar-refractivity contribution in [2.75, 3.05) is 47.5 Å². The first-order valence-electron chi connectivity index (χ1n) is 14.3. The monoisotopic (exact) mass is 582 g/mol. The van der Waals surface area contributed by atoms with Crippen molar-refractivity contribution in [2.45, 2.75) is 44.2 Å². The van der Waals surface area contributed by atoms with Crippen LogP contribution in [0.2, 0.25) is 0 Å². The van der Waals surface area contributed by atoms with Crippen molar-refractivity contribution in [2.24, 2.45) is 0 Å². The molecule has 4 rings (SSSR count). The Hall–Kier alpha value is -3.69. The van der Waals surface area contributed by atoms with Crippen LogP contribution in [0.25, 0.3) is 0 Å². The standard InChI is InChI=1S/C33H40F2N2O5/c1-40-30-19-23(20-31(41-2)32(30)42-3)21-37-18-17-36(22-29(37)33(38)39)16-6-4-5-7-28(24-8-12-26(34)13-9-24)25-10-14-27(35)15-11-25/h8-15,19-20,28-29H,4-7,16-18,21-22H2,1-3H3,(H,38,39). The molecule has 1 fully saturated rings. The second kappa shape index (κ2) is 15.0. The summed E-state index contributed by atoms with van der Waals surface area (Å²) in [7, 11) is 4.67. The lowest BCUT2D eigenvalue weighted by molar-refractivity contribution is -0.146. The fourth-order valence-corrected chi connectivity index (χ4v) is 5.74. The number of unbranched alkanes of at least 4 members (excludes halogenated alkanes) is 2. The normalized spacial score (nSPS) is 16.0. The molecule has 1 unspecified atom stereocenters. The third kappa shape index (κ3) is 7.98. The quantitative estimate of drug-likeness (QED) is 0.236. The summed E-state index contributed by atoms with van der Waals surface area (Å²) in [5.74, 6) is 0.247. The molecule has 42 heavy (non-hydrogen) atoms. The van der Waals surface area contributed by atoms with Crippen LogP contribution >= 0.6 is 0 Å². The number of hydrogen-bond acceptors (Lipinski definition) is 6. The van der Waals surface area contributed by atoms with Crippen molar-refractivity contribution in [3.63, 3.8) is 0 Å². The smallest absolute Gasteiger partial charge is 0.322 e.